The highest BCUT2D eigenvalue weighted by atomic mass is 32.1. The second kappa shape index (κ2) is 6.04. The van der Waals surface area contributed by atoms with Crippen molar-refractivity contribution in [3.05, 3.63) is 52.2 Å². The number of nitrogens with zero attached hydrogens (tertiary/aromatic N) is 2. The van der Waals surface area contributed by atoms with E-state index in [2.05, 4.69) is 4.98 Å². The predicted octanol–water partition coefficient (Wildman–Crippen LogP) is 3.79. The number of rotatable bonds is 3. The SMILES string of the molecule is O=C([C@@H]1C[C@H]1c1ccccc1F)N1CCC[C@@H](c2nccs2)C1. The Morgan fingerprint density at radius 3 is 3.00 bits per heavy atom. The maximum absolute atomic E-state index is 13.9. The lowest BCUT2D eigenvalue weighted by Crippen LogP contribution is -2.40. The van der Waals surface area contributed by atoms with E-state index in [9.17, 15) is 9.18 Å². The Labute approximate surface area is 139 Å². The molecule has 1 amide bonds. The molecule has 0 radical (unpaired) electrons. The van der Waals surface area contributed by atoms with Crippen LogP contribution in [0.5, 0.6) is 0 Å². The van der Waals surface area contributed by atoms with Gasteiger partial charge in [-0.25, -0.2) is 9.37 Å². The summed E-state index contributed by atoms with van der Waals surface area (Å²) in [4.78, 5) is 19.1. The summed E-state index contributed by atoms with van der Waals surface area (Å²) in [5, 5.41) is 3.12. The smallest absolute Gasteiger partial charge is 0.226 e. The average molecular weight is 330 g/mol. The number of carbonyl (C=O) groups excluding carboxylic acids is 1. The van der Waals surface area contributed by atoms with E-state index < -0.39 is 0 Å². The molecule has 0 bridgehead atoms. The number of amides is 1. The summed E-state index contributed by atoms with van der Waals surface area (Å²) in [7, 11) is 0. The Bertz CT molecular complexity index is 703. The number of piperidine rings is 1. The van der Waals surface area contributed by atoms with E-state index in [1.807, 2.05) is 28.6 Å². The van der Waals surface area contributed by atoms with Gasteiger partial charge in [0.1, 0.15) is 5.82 Å². The fraction of sp³-hybridized carbons (Fsp3) is 0.444. The van der Waals surface area contributed by atoms with Gasteiger partial charge in [-0.1, -0.05) is 18.2 Å². The van der Waals surface area contributed by atoms with Crippen molar-refractivity contribution in [2.24, 2.45) is 5.92 Å². The first kappa shape index (κ1) is 14.8. The number of halogens is 1. The lowest BCUT2D eigenvalue weighted by atomic mass is 9.98. The molecule has 2 aromatic rings. The maximum Gasteiger partial charge on any atom is 0.226 e. The Morgan fingerprint density at radius 1 is 1.35 bits per heavy atom. The molecule has 1 saturated heterocycles. The second-order valence-corrected chi connectivity index (χ2v) is 7.39. The van der Waals surface area contributed by atoms with Crippen LogP contribution in [0.4, 0.5) is 4.39 Å². The van der Waals surface area contributed by atoms with E-state index in [4.69, 9.17) is 0 Å². The fourth-order valence-corrected chi connectivity index (χ4v) is 4.40. The Hall–Kier alpha value is -1.75. The highest BCUT2D eigenvalue weighted by molar-refractivity contribution is 7.09. The third-order valence-corrected chi connectivity index (χ3v) is 5.88. The molecule has 3 atom stereocenters. The van der Waals surface area contributed by atoms with E-state index in [1.165, 1.54) is 6.07 Å². The molecule has 2 fully saturated rings. The van der Waals surface area contributed by atoms with Gasteiger partial charge in [0.15, 0.2) is 0 Å². The number of benzene rings is 1. The van der Waals surface area contributed by atoms with Gasteiger partial charge in [0.05, 0.1) is 5.01 Å². The van der Waals surface area contributed by atoms with E-state index in [0.717, 1.165) is 37.4 Å². The minimum atomic E-state index is -0.188. The van der Waals surface area contributed by atoms with E-state index in [1.54, 1.807) is 17.4 Å². The first-order valence-electron chi connectivity index (χ1n) is 8.16. The van der Waals surface area contributed by atoms with Gasteiger partial charge >= 0.3 is 0 Å². The Kier molecular flexibility index (Phi) is 3.89. The number of aromatic nitrogens is 1. The van der Waals surface area contributed by atoms with Gasteiger partial charge in [0.25, 0.3) is 0 Å². The monoisotopic (exact) mass is 330 g/mol. The molecule has 5 heteroatoms. The molecule has 0 unspecified atom stereocenters. The largest absolute Gasteiger partial charge is 0.342 e. The van der Waals surface area contributed by atoms with Crippen LogP contribution < -0.4 is 0 Å². The van der Waals surface area contributed by atoms with Crippen LogP contribution in [-0.4, -0.2) is 28.9 Å². The van der Waals surface area contributed by atoms with Crippen molar-refractivity contribution in [2.45, 2.75) is 31.1 Å². The first-order chi connectivity index (χ1) is 11.2. The van der Waals surface area contributed by atoms with Gasteiger partial charge in [-0.3, -0.25) is 4.79 Å². The van der Waals surface area contributed by atoms with Gasteiger partial charge < -0.3 is 4.90 Å². The van der Waals surface area contributed by atoms with Crippen LogP contribution in [0.1, 0.15) is 41.7 Å². The quantitative estimate of drug-likeness (QED) is 0.858. The predicted molar refractivity (Wildman–Crippen MR) is 87.9 cm³/mol. The molecule has 1 aromatic carbocycles. The first-order valence-corrected chi connectivity index (χ1v) is 9.04. The van der Waals surface area contributed by atoms with Crippen LogP contribution in [0.15, 0.2) is 35.8 Å². The summed E-state index contributed by atoms with van der Waals surface area (Å²) in [6.07, 6.45) is 4.72. The Balaban J connectivity index is 1.43. The van der Waals surface area contributed by atoms with E-state index in [0.29, 0.717) is 11.5 Å². The molecule has 2 heterocycles. The highest BCUT2D eigenvalue weighted by Crippen LogP contribution is 2.49. The minimum absolute atomic E-state index is 0.0399. The van der Waals surface area contributed by atoms with Crippen LogP contribution in [0.3, 0.4) is 0 Å². The van der Waals surface area contributed by atoms with Crippen molar-refractivity contribution in [3.63, 3.8) is 0 Å². The molecule has 23 heavy (non-hydrogen) atoms. The third-order valence-electron chi connectivity index (χ3n) is 4.95. The van der Waals surface area contributed by atoms with Crippen molar-refractivity contribution >= 4 is 17.2 Å². The van der Waals surface area contributed by atoms with Crippen molar-refractivity contribution in [1.82, 2.24) is 9.88 Å². The molecule has 120 valence electrons. The summed E-state index contributed by atoms with van der Waals surface area (Å²) in [6, 6.07) is 6.83. The number of hydrogen-bond acceptors (Lipinski definition) is 3. The standard InChI is InChI=1S/C18H19FN2OS/c19-16-6-2-1-5-13(16)14-10-15(14)18(22)21-8-3-4-12(11-21)17-20-7-9-23-17/h1-2,5-7,9,12,14-15H,3-4,8,10-11H2/t12-,14+,15-/m1/s1. The molecule has 3 nitrogen and oxygen atoms in total. The molecule has 2 aliphatic rings. The summed E-state index contributed by atoms with van der Waals surface area (Å²) in [5.74, 6) is 0.385. The summed E-state index contributed by atoms with van der Waals surface area (Å²) < 4.78 is 13.9. The molecule has 0 N–H and O–H groups in total. The van der Waals surface area contributed by atoms with Crippen molar-refractivity contribution in [3.8, 4) is 0 Å². The zero-order chi connectivity index (χ0) is 15.8. The maximum atomic E-state index is 13.9. The van der Waals surface area contributed by atoms with E-state index in [-0.39, 0.29) is 23.6 Å². The summed E-state index contributed by atoms with van der Waals surface area (Å²) in [5.41, 5.74) is 0.694. The van der Waals surface area contributed by atoms with Crippen LogP contribution >= 0.6 is 11.3 Å². The van der Waals surface area contributed by atoms with E-state index >= 15 is 0 Å². The Morgan fingerprint density at radius 2 is 2.22 bits per heavy atom. The van der Waals surface area contributed by atoms with Gasteiger partial charge in [-0.15, -0.1) is 11.3 Å². The summed E-state index contributed by atoms with van der Waals surface area (Å²) >= 11 is 1.67. The van der Waals surface area contributed by atoms with Crippen molar-refractivity contribution < 1.29 is 9.18 Å². The van der Waals surface area contributed by atoms with Crippen molar-refractivity contribution in [2.75, 3.05) is 13.1 Å². The molecule has 0 spiro atoms. The van der Waals surface area contributed by atoms with Crippen LogP contribution in [0.25, 0.3) is 0 Å². The van der Waals surface area contributed by atoms with Gasteiger partial charge in [-0.05, 0) is 36.8 Å². The van der Waals surface area contributed by atoms with Gasteiger partial charge in [0.2, 0.25) is 5.91 Å². The molecular weight excluding hydrogens is 311 g/mol. The molecule has 1 aliphatic carbocycles. The molecule has 1 aliphatic heterocycles. The third kappa shape index (κ3) is 2.90. The average Bonchev–Trinajstić information content (AvgIpc) is 3.17. The molecule has 1 aromatic heterocycles. The zero-order valence-electron chi connectivity index (χ0n) is 12.8. The molecule has 1 saturated carbocycles. The molecular formula is C18H19FN2OS. The highest BCUT2D eigenvalue weighted by Gasteiger charge is 2.47. The normalized spacial score (nSPS) is 27.0. The lowest BCUT2D eigenvalue weighted by Gasteiger charge is -2.32. The minimum Gasteiger partial charge on any atom is -0.342 e. The molecule has 4 rings (SSSR count). The number of carbonyl (C=O) groups is 1. The van der Waals surface area contributed by atoms with Crippen molar-refractivity contribution in [1.29, 1.82) is 0 Å². The number of thiazole rings is 1. The zero-order valence-corrected chi connectivity index (χ0v) is 13.6. The van der Waals surface area contributed by atoms with Gasteiger partial charge in [-0.2, -0.15) is 0 Å². The van der Waals surface area contributed by atoms with Crippen LogP contribution in [0.2, 0.25) is 0 Å². The summed E-state index contributed by atoms with van der Waals surface area (Å²) in [6.45, 7) is 1.58. The number of likely N-dealkylation sites (tertiary alicyclic amines) is 1. The lowest BCUT2D eigenvalue weighted by molar-refractivity contribution is -0.133. The second-order valence-electron chi connectivity index (χ2n) is 6.46. The van der Waals surface area contributed by atoms with Crippen LogP contribution in [0, 0.1) is 11.7 Å². The number of hydrogen-bond donors (Lipinski definition) is 0. The van der Waals surface area contributed by atoms with Gasteiger partial charge in [0, 0.05) is 36.5 Å². The van der Waals surface area contributed by atoms with Crippen LogP contribution in [-0.2, 0) is 4.79 Å². The fourth-order valence-electron chi connectivity index (χ4n) is 3.64. The topological polar surface area (TPSA) is 33.2 Å².